The van der Waals surface area contributed by atoms with Crippen LogP contribution in [0.1, 0.15) is 12.8 Å². The number of hydrazone groups is 1. The van der Waals surface area contributed by atoms with E-state index in [1.807, 2.05) is 0 Å². The van der Waals surface area contributed by atoms with E-state index in [1.54, 1.807) is 17.1 Å². The number of carbonyl (C=O) groups is 2. The predicted octanol–water partition coefficient (Wildman–Crippen LogP) is 1.49. The predicted molar refractivity (Wildman–Crippen MR) is 80.2 cm³/mol. The molecule has 2 atom stereocenters. The zero-order valence-electron chi connectivity index (χ0n) is 12.1. The summed E-state index contributed by atoms with van der Waals surface area (Å²) in [5.41, 5.74) is 1.46. The van der Waals surface area contributed by atoms with Gasteiger partial charge in [0.15, 0.2) is 0 Å². The summed E-state index contributed by atoms with van der Waals surface area (Å²) in [7, 11) is 0. The molecule has 3 aliphatic rings. The molecule has 1 aromatic rings. The summed E-state index contributed by atoms with van der Waals surface area (Å²) in [5, 5.41) is 18.4. The number of aliphatic carboxylic acids is 1. The van der Waals surface area contributed by atoms with Crippen molar-refractivity contribution in [2.75, 3.05) is 5.01 Å². The zero-order valence-corrected chi connectivity index (χ0v) is 12.1. The largest absolute Gasteiger partial charge is 0.478 e. The molecule has 7 heteroatoms. The summed E-state index contributed by atoms with van der Waals surface area (Å²) in [6, 6.07) is 5.76. The molecule has 0 spiro atoms. The number of carboxylic acid groups (broad SMARTS) is 1. The van der Waals surface area contributed by atoms with E-state index in [0.29, 0.717) is 5.69 Å². The lowest BCUT2D eigenvalue weighted by Crippen LogP contribution is -2.52. The molecule has 2 aliphatic heterocycles. The van der Waals surface area contributed by atoms with E-state index in [1.165, 1.54) is 12.1 Å². The number of carboxylic acids is 1. The number of amides is 1. The Kier molecular flexibility index (Phi) is 2.97. The summed E-state index contributed by atoms with van der Waals surface area (Å²) in [6.45, 7) is 0. The second-order valence-electron chi connectivity index (χ2n) is 5.96. The van der Waals surface area contributed by atoms with Crippen LogP contribution in [0.5, 0.6) is 0 Å². The zero-order chi connectivity index (χ0) is 16.1. The van der Waals surface area contributed by atoms with Crippen LogP contribution in [0.25, 0.3) is 0 Å². The monoisotopic (exact) mass is 315 g/mol. The molecular formula is C16H14FN3O3. The van der Waals surface area contributed by atoms with Crippen molar-refractivity contribution < 1.29 is 19.1 Å². The maximum absolute atomic E-state index is 13.1. The Labute approximate surface area is 131 Å². The third kappa shape index (κ3) is 2.28. The molecule has 1 aliphatic carbocycles. The number of nitrogens with zero attached hydrogens (tertiary/aromatic N) is 2. The lowest BCUT2D eigenvalue weighted by molar-refractivity contribution is -0.134. The van der Waals surface area contributed by atoms with Crippen LogP contribution in [0.2, 0.25) is 0 Å². The van der Waals surface area contributed by atoms with Crippen LogP contribution in [0.4, 0.5) is 10.1 Å². The highest BCUT2D eigenvalue weighted by atomic mass is 19.1. The average Bonchev–Trinajstić information content (AvgIpc) is 3.29. The van der Waals surface area contributed by atoms with Gasteiger partial charge in [0, 0.05) is 6.08 Å². The Morgan fingerprint density at radius 3 is 2.61 bits per heavy atom. The summed E-state index contributed by atoms with van der Waals surface area (Å²) in [6.07, 6.45) is 2.50. The van der Waals surface area contributed by atoms with E-state index < -0.39 is 24.0 Å². The Morgan fingerprint density at radius 1 is 1.30 bits per heavy atom. The van der Waals surface area contributed by atoms with Crippen molar-refractivity contribution in [1.29, 1.82) is 0 Å². The van der Waals surface area contributed by atoms with Gasteiger partial charge in [-0.3, -0.25) is 4.79 Å². The Bertz CT molecular complexity index is 752. The quantitative estimate of drug-likeness (QED) is 0.885. The number of halogens is 1. The molecule has 2 heterocycles. The fraction of sp³-hybridized carbons (Fsp3) is 0.312. The molecular weight excluding hydrogens is 301 g/mol. The number of hydrogen-bond donors (Lipinski definition) is 2. The molecule has 23 heavy (non-hydrogen) atoms. The summed E-state index contributed by atoms with van der Waals surface area (Å²) < 4.78 is 13.1. The Hall–Kier alpha value is -2.70. The SMILES string of the molecule is O=C1C=C(C(=O)O)C2C(C3CC3)=NN(c3ccc(F)cc3)C2N1. The van der Waals surface area contributed by atoms with Gasteiger partial charge in [0.05, 0.1) is 22.9 Å². The van der Waals surface area contributed by atoms with Crippen molar-refractivity contribution in [3.63, 3.8) is 0 Å². The van der Waals surface area contributed by atoms with Crippen LogP contribution in [0.3, 0.4) is 0 Å². The topological polar surface area (TPSA) is 82.0 Å². The normalized spacial score (nSPS) is 26.3. The van der Waals surface area contributed by atoms with Gasteiger partial charge in [-0.05, 0) is 43.0 Å². The number of hydrogen-bond acceptors (Lipinski definition) is 4. The number of nitrogens with one attached hydrogen (secondary N) is 1. The van der Waals surface area contributed by atoms with Crippen molar-refractivity contribution in [3.05, 3.63) is 41.7 Å². The molecule has 0 aromatic heterocycles. The van der Waals surface area contributed by atoms with Gasteiger partial charge >= 0.3 is 5.97 Å². The summed E-state index contributed by atoms with van der Waals surface area (Å²) in [5.74, 6) is -2.14. The minimum Gasteiger partial charge on any atom is -0.478 e. The van der Waals surface area contributed by atoms with E-state index in [0.717, 1.165) is 24.6 Å². The molecule has 6 nitrogen and oxygen atoms in total. The van der Waals surface area contributed by atoms with E-state index in [2.05, 4.69) is 10.4 Å². The third-order valence-corrected chi connectivity index (χ3v) is 4.37. The van der Waals surface area contributed by atoms with Gasteiger partial charge in [-0.25, -0.2) is 14.2 Å². The fourth-order valence-corrected chi connectivity index (χ4v) is 3.17. The van der Waals surface area contributed by atoms with Crippen LogP contribution in [-0.4, -0.2) is 28.9 Å². The molecule has 4 rings (SSSR count). The van der Waals surface area contributed by atoms with Crippen LogP contribution >= 0.6 is 0 Å². The highest BCUT2D eigenvalue weighted by molar-refractivity contribution is 6.09. The first-order valence-corrected chi connectivity index (χ1v) is 7.43. The molecule has 1 fully saturated rings. The first kappa shape index (κ1) is 13.9. The second-order valence-corrected chi connectivity index (χ2v) is 5.96. The van der Waals surface area contributed by atoms with Crippen LogP contribution < -0.4 is 10.3 Å². The average molecular weight is 315 g/mol. The summed E-state index contributed by atoms with van der Waals surface area (Å²) >= 11 is 0. The molecule has 1 aromatic carbocycles. The van der Waals surface area contributed by atoms with Crippen LogP contribution in [0, 0.1) is 17.7 Å². The van der Waals surface area contributed by atoms with Gasteiger partial charge in [0.2, 0.25) is 5.91 Å². The fourth-order valence-electron chi connectivity index (χ4n) is 3.17. The number of benzene rings is 1. The van der Waals surface area contributed by atoms with Crippen molar-refractivity contribution in [3.8, 4) is 0 Å². The number of anilines is 1. The smallest absolute Gasteiger partial charge is 0.332 e. The molecule has 0 radical (unpaired) electrons. The molecule has 2 N–H and O–H groups in total. The first-order chi connectivity index (χ1) is 11.0. The Morgan fingerprint density at radius 2 is 2.00 bits per heavy atom. The van der Waals surface area contributed by atoms with E-state index in [4.69, 9.17) is 0 Å². The van der Waals surface area contributed by atoms with E-state index >= 15 is 0 Å². The van der Waals surface area contributed by atoms with Gasteiger partial charge in [-0.2, -0.15) is 5.10 Å². The van der Waals surface area contributed by atoms with Gasteiger partial charge in [-0.15, -0.1) is 0 Å². The van der Waals surface area contributed by atoms with Crippen molar-refractivity contribution in [1.82, 2.24) is 5.32 Å². The lowest BCUT2D eigenvalue weighted by Gasteiger charge is -2.31. The Balaban J connectivity index is 1.78. The summed E-state index contributed by atoms with van der Waals surface area (Å²) in [4.78, 5) is 23.4. The van der Waals surface area contributed by atoms with Gasteiger partial charge < -0.3 is 10.4 Å². The van der Waals surface area contributed by atoms with Crippen LogP contribution in [-0.2, 0) is 9.59 Å². The third-order valence-electron chi connectivity index (χ3n) is 4.37. The van der Waals surface area contributed by atoms with E-state index in [9.17, 15) is 19.1 Å². The maximum atomic E-state index is 13.1. The number of rotatable bonds is 3. The maximum Gasteiger partial charge on any atom is 0.332 e. The molecule has 2 unspecified atom stereocenters. The molecule has 118 valence electrons. The van der Waals surface area contributed by atoms with Gasteiger partial charge in [0.25, 0.3) is 0 Å². The standard InChI is InChI=1S/C16H14FN3O3/c17-9-3-5-10(6-4-9)20-15-13(14(19-20)8-1-2-8)11(16(22)23)7-12(21)18-15/h3-8,13,15H,1-2H2,(H,18,21)(H,22,23). The van der Waals surface area contributed by atoms with Gasteiger partial charge in [0.1, 0.15) is 12.0 Å². The van der Waals surface area contributed by atoms with Crippen molar-refractivity contribution in [2.24, 2.45) is 16.9 Å². The molecule has 1 amide bonds. The second kappa shape index (κ2) is 4.91. The van der Waals surface area contributed by atoms with E-state index in [-0.39, 0.29) is 17.3 Å². The minimum atomic E-state index is -1.11. The number of carbonyl (C=O) groups excluding carboxylic acids is 1. The number of fused-ring (bicyclic) bond motifs is 1. The molecule has 0 saturated heterocycles. The van der Waals surface area contributed by atoms with Crippen molar-refractivity contribution in [2.45, 2.75) is 19.0 Å². The molecule has 0 bridgehead atoms. The lowest BCUT2D eigenvalue weighted by atomic mass is 9.86. The minimum absolute atomic E-state index is 0.0639. The highest BCUT2D eigenvalue weighted by Gasteiger charge is 2.49. The van der Waals surface area contributed by atoms with Crippen molar-refractivity contribution >= 4 is 23.3 Å². The van der Waals surface area contributed by atoms with Gasteiger partial charge in [-0.1, -0.05) is 0 Å². The molecule has 1 saturated carbocycles. The highest BCUT2D eigenvalue weighted by Crippen LogP contribution is 2.42. The van der Waals surface area contributed by atoms with Crippen LogP contribution in [0.15, 0.2) is 41.0 Å². The first-order valence-electron chi connectivity index (χ1n) is 7.43.